The summed E-state index contributed by atoms with van der Waals surface area (Å²) >= 11 is 5.91. The van der Waals surface area contributed by atoms with Gasteiger partial charge >= 0.3 is 7.12 Å². The highest BCUT2D eigenvalue weighted by Crippen LogP contribution is 2.43. The minimum Gasteiger partial charge on any atom is -0.454 e. The third kappa shape index (κ3) is 14.2. The van der Waals surface area contributed by atoms with Gasteiger partial charge in [-0.3, -0.25) is 0 Å². The van der Waals surface area contributed by atoms with Crippen molar-refractivity contribution >= 4 is 155 Å². The lowest BCUT2D eigenvalue weighted by Crippen LogP contribution is -2.41. The van der Waals surface area contributed by atoms with Crippen LogP contribution in [0, 0.1) is 12.8 Å². The summed E-state index contributed by atoms with van der Waals surface area (Å²) in [6.45, 7) is 7.05. The first kappa shape index (κ1) is 34.5. The molecular weight excluding hydrogens is 1330 g/mol. The Labute approximate surface area is 699 Å². The van der Waals surface area contributed by atoms with Crippen molar-refractivity contribution in [3.8, 4) is 81.2 Å². The Bertz CT molecular complexity index is 8950. The van der Waals surface area contributed by atoms with Crippen LogP contribution in [0.5, 0.6) is 0 Å². The highest BCUT2D eigenvalue weighted by molar-refractivity contribution is 7.76. The zero-order chi connectivity index (χ0) is 115. The average Bonchev–Trinajstić information content (AvgIpc) is 1.52. The van der Waals surface area contributed by atoms with E-state index in [1.807, 2.05) is 0 Å². The second kappa shape index (κ2) is 30.7. The second-order valence-corrected chi connectivity index (χ2v) is 23.2. The van der Waals surface area contributed by atoms with Gasteiger partial charge in [0.25, 0.3) is 0 Å². The second-order valence-electron chi connectivity index (χ2n) is 22.9. The van der Waals surface area contributed by atoms with Crippen LogP contribution in [-0.2, 0) is 9.31 Å². The van der Waals surface area contributed by atoms with Crippen molar-refractivity contribution in [1.82, 2.24) is 39.0 Å². The van der Waals surface area contributed by atoms with Crippen molar-refractivity contribution in [2.45, 2.75) is 46.3 Å². The number of hydrogen-bond donors (Lipinski definition) is 0. The Morgan fingerprint density at radius 3 is 1.00 bits per heavy atom. The van der Waals surface area contributed by atoms with Crippen LogP contribution < -0.4 is 5.46 Å². The summed E-state index contributed by atoms with van der Waals surface area (Å²) in [6.07, 6.45) is 6.81. The number of hydrogen-bond acceptors (Lipinski definition) is 10. The van der Waals surface area contributed by atoms with Crippen molar-refractivity contribution < 1.29 is 83.9 Å². The number of halogens is 1. The molecule has 12 nitrogen and oxygen atoms in total. The molecule has 1 aliphatic heterocycles. The fraction of sp³-hybridized carbons (Fsp3) is 0.0805. The smallest absolute Gasteiger partial charge is 0.454 e. The first-order chi connectivity index (χ1) is 71.6. The summed E-state index contributed by atoms with van der Waals surface area (Å²) in [5, 5.41) is -2.94. The summed E-state index contributed by atoms with van der Waals surface area (Å²) in [6, 6.07) is -34.4. The molecule has 0 unspecified atom stereocenters. The van der Waals surface area contributed by atoms with Crippen LogP contribution in [-0.4, -0.2) is 101 Å². The Kier molecular flexibility index (Phi) is 9.90. The van der Waals surface area contributed by atoms with E-state index in [-0.39, 0.29) is 90.2 Å². The fourth-order valence-electron chi connectivity index (χ4n) is 10.3. The van der Waals surface area contributed by atoms with Gasteiger partial charge in [0.2, 0.25) is 5.28 Å². The van der Waals surface area contributed by atoms with Gasteiger partial charge in [-0.25, -0.2) is 19.9 Å². The zero-order valence-electron chi connectivity index (χ0n) is 103. The van der Waals surface area contributed by atoms with Crippen LogP contribution in [0.3, 0.4) is 0 Å². The number of fused-ring (bicyclic) bond motifs is 14. The SMILES string of the molecule is C.C#C.[2H]c1c([2H])c(-n2c3c([2H])c([2H])c([2H])c([2H])c3c3c([2H])c([2H])c4c(oc5c([2H])c([2H])c([2H])c([2H])c54)c32)c([2H])c([2H])c1B1OC(C)(C)C(C)(C)O1.[2H]c1c([2H])c([2H])c(-c2nc(-c3c([2H])c([2H])c([2H])c([2H])c3[2H])nc(-c3c([2H])c([2H])c(-n4c5c([2H])c([2H])c([2H])c([2H])c5c5c([2H])c([2H])c6c(oc7c([2H])c([2H])c([2H])c([2H])c76)c54)c([2H])c3[2H])n2)c([2H])c1[2H].[2H]c1c([2H])c([2H])c(-c2nc(Cl)nc(-c3c([2H])c([2H])c([2H])c([2H])c3[2H])n2)c([2H])c1[2H].[B]B([B])B([B])[B]. The molecule has 0 atom stereocenters. The van der Waals surface area contributed by atoms with Gasteiger partial charge in [-0.1, -0.05) is 225 Å². The first-order valence-corrected chi connectivity index (χ1v) is 31.1. The zero-order valence-corrected chi connectivity index (χ0v) is 55.5. The fourth-order valence-corrected chi connectivity index (χ4v) is 10.5. The highest BCUT2D eigenvalue weighted by Gasteiger charge is 2.51. The molecular formula is C87H66B7ClN8O4. The van der Waals surface area contributed by atoms with Crippen LogP contribution in [0.4, 0.5) is 0 Å². The van der Waals surface area contributed by atoms with E-state index in [0.29, 0.717) is 0 Å². The molecule has 506 valence electrons. The molecule has 0 spiro atoms. The van der Waals surface area contributed by atoms with Crippen LogP contribution in [0.2, 0.25) is 5.28 Å². The lowest BCUT2D eigenvalue weighted by atomic mass is 8.81. The lowest BCUT2D eigenvalue weighted by Gasteiger charge is -2.32. The molecule has 0 aliphatic carbocycles. The number of para-hydroxylation sites is 4. The van der Waals surface area contributed by atoms with E-state index in [2.05, 4.69) is 42.8 Å². The Balaban J connectivity index is 0.000000188. The van der Waals surface area contributed by atoms with Gasteiger partial charge in [0.1, 0.15) is 11.2 Å². The molecule has 0 bridgehead atoms. The van der Waals surface area contributed by atoms with Gasteiger partial charge in [0.05, 0.1) is 99.1 Å². The van der Waals surface area contributed by atoms with E-state index < -0.39 is 405 Å². The van der Waals surface area contributed by atoms with E-state index in [0.717, 1.165) is 9.13 Å². The van der Waals surface area contributed by atoms with Crippen molar-refractivity contribution in [2.75, 3.05) is 0 Å². The molecule has 6 aromatic heterocycles. The number of nitrogens with zero attached hydrogens (tertiary/aromatic N) is 8. The molecule has 1 saturated heterocycles. The lowest BCUT2D eigenvalue weighted by molar-refractivity contribution is 0.00578. The normalized spacial score (nSPS) is 19.0. The largest absolute Gasteiger partial charge is 0.494 e. The topological polar surface area (TPSA) is 132 Å². The number of aromatic nitrogens is 8. The number of terminal acetylenes is 1. The van der Waals surface area contributed by atoms with E-state index in [9.17, 15) is 9.60 Å². The van der Waals surface area contributed by atoms with Crippen molar-refractivity contribution in [3.63, 3.8) is 0 Å². The standard InChI is InChI=1S/C39H24N4O.C30H26BNO3.C15H10ClN3.C2H2.CH4.B6/c1-3-11-25(12-4-1)37-40-38(26-13-5-2-6-14-26)42-39(41-37)27-19-21-28(22-20-27)43-33-17-9-7-15-29(33)31-23-24-32-30-16-8-10-18-34(30)44-36(32)35(31)43;1-29(2)30(3,4)35-31(34-29)19-13-15-20(16-14-19)32-25-11-7-5-9-21(25)23-17-18-24-22-10-6-8-12-26(22)33-28(24)27(23)32;16-15-18-13(11-7-3-1-4-8-11)17-14(19-15)12-9-5-2-6-10-12;1-2;;1-5(2)6(3)4/h1-24H;5-18H,1-4H3;1-10H;1-2H;1H4;/i1D,2D,3D,4D,5D,6D,7D,8D,9D,10D,11D,12D,13D,14D,15D,16D,17D,18D,19D,20D,21D,22D,23D,24D;5D,6D,7D,8D,9D,10D,11D,12D,13D,14D,15D,16D,17D,18D;1D,2D,3D,4D,5D,6D,7D,8D,9D,10D;;;. The van der Waals surface area contributed by atoms with Crippen molar-refractivity contribution in [1.29, 1.82) is 0 Å². The number of rotatable bonds is 9. The summed E-state index contributed by atoms with van der Waals surface area (Å²) < 4.78 is 436. The van der Waals surface area contributed by atoms with Crippen molar-refractivity contribution in [3.05, 3.63) is 295 Å². The van der Waals surface area contributed by atoms with Gasteiger partial charge in [0, 0.05) is 126 Å². The molecule has 0 N–H and O–H groups in total. The number of benzene rings is 12. The predicted octanol–water partition coefficient (Wildman–Crippen LogP) is 19.3. The third-order valence-corrected chi connectivity index (χ3v) is 16.1. The van der Waals surface area contributed by atoms with Crippen LogP contribution >= 0.6 is 11.6 Å². The Morgan fingerprint density at radius 1 is 0.355 bits per heavy atom. The molecule has 19 rings (SSSR count). The first-order valence-electron chi connectivity index (χ1n) is 54.7. The Morgan fingerprint density at radius 2 is 0.645 bits per heavy atom. The minimum atomic E-state index is -1.29. The van der Waals surface area contributed by atoms with E-state index in [1.165, 1.54) is 0 Å². The minimum absolute atomic E-state index is 0. The van der Waals surface area contributed by atoms with Gasteiger partial charge in [0.15, 0.2) is 40.3 Å². The van der Waals surface area contributed by atoms with E-state index in [1.54, 1.807) is 27.7 Å². The van der Waals surface area contributed by atoms with Crippen LogP contribution in [0.1, 0.15) is 101 Å². The number of furan rings is 2. The average molecular weight is 1450 g/mol. The third-order valence-electron chi connectivity index (χ3n) is 15.9. The molecule has 0 saturated carbocycles. The maximum atomic E-state index is 9.48. The maximum Gasteiger partial charge on any atom is 0.494 e. The van der Waals surface area contributed by atoms with Crippen LogP contribution in [0.25, 0.3) is 156 Å². The van der Waals surface area contributed by atoms with E-state index in [4.69, 9.17) is 117 Å². The summed E-state index contributed by atoms with van der Waals surface area (Å²) in [7, 11) is 18.6. The molecule has 107 heavy (non-hydrogen) atoms. The van der Waals surface area contributed by atoms with E-state index >= 15 is 0 Å². The molecule has 1 aliphatic rings. The molecule has 12 aromatic carbocycles. The van der Waals surface area contributed by atoms with Gasteiger partial charge in [-0.2, -0.15) is 9.97 Å². The van der Waals surface area contributed by atoms with Gasteiger partial charge < -0.3 is 27.3 Å². The predicted molar refractivity (Wildman–Crippen MR) is 448 cm³/mol. The Hall–Kier alpha value is -11.9. The maximum absolute atomic E-state index is 9.48. The molecule has 0 amide bonds. The van der Waals surface area contributed by atoms with Gasteiger partial charge in [-0.15, -0.1) is 12.8 Å². The highest BCUT2D eigenvalue weighted by atomic mass is 35.5. The van der Waals surface area contributed by atoms with Gasteiger partial charge in [-0.05, 0) is 117 Å². The monoisotopic (exact) mass is 1450 g/mol. The summed E-state index contributed by atoms with van der Waals surface area (Å²) in [5.41, 5.74) is -9.25. The summed E-state index contributed by atoms with van der Waals surface area (Å²) in [5.74, 6) is -3.15. The molecule has 7 heterocycles. The quantitative estimate of drug-likeness (QED) is 0.102. The van der Waals surface area contributed by atoms with Crippen LogP contribution in [0.15, 0.2) is 299 Å². The molecule has 1 fully saturated rings. The summed E-state index contributed by atoms with van der Waals surface area (Å²) in [4.78, 5) is 24.2. The molecule has 20 heteroatoms. The van der Waals surface area contributed by atoms with Crippen molar-refractivity contribution in [2.24, 2.45) is 0 Å². The molecule has 8 radical (unpaired) electrons. The molecule has 18 aromatic rings.